The molecule has 1 rings (SSSR count). The molecule has 0 saturated heterocycles. The number of nitrogens with one attached hydrogen (secondary N) is 1. The van der Waals surface area contributed by atoms with E-state index in [0.29, 0.717) is 10.7 Å². The number of primary amides is 1. The van der Waals surface area contributed by atoms with Crippen molar-refractivity contribution in [3.63, 3.8) is 0 Å². The van der Waals surface area contributed by atoms with E-state index in [-0.39, 0.29) is 0 Å². The summed E-state index contributed by atoms with van der Waals surface area (Å²) < 4.78 is 0. The van der Waals surface area contributed by atoms with Crippen molar-refractivity contribution >= 4 is 23.6 Å². The molecule has 1 heterocycles. The molecule has 0 aliphatic carbocycles. The molecule has 0 aliphatic heterocycles. The summed E-state index contributed by atoms with van der Waals surface area (Å²) in [5.74, 6) is 0. The lowest BCUT2D eigenvalue weighted by Gasteiger charge is -1.87. The van der Waals surface area contributed by atoms with E-state index in [0.717, 1.165) is 0 Å². The Kier molecular flexibility index (Phi) is 2.94. The van der Waals surface area contributed by atoms with E-state index in [2.05, 4.69) is 10.1 Å². The molecule has 0 unspecified atom stereocenters. The second-order valence-corrected chi connectivity index (χ2v) is 2.81. The lowest BCUT2D eigenvalue weighted by atomic mass is 10.6. The highest BCUT2D eigenvalue weighted by molar-refractivity contribution is 7.11. The van der Waals surface area contributed by atoms with Gasteiger partial charge in [0.05, 0.1) is 6.21 Å². The number of amides is 2. The summed E-state index contributed by atoms with van der Waals surface area (Å²) >= 11 is 1.25. The fourth-order valence-electron chi connectivity index (χ4n) is 0.549. The van der Waals surface area contributed by atoms with E-state index in [4.69, 9.17) is 11.0 Å². The molecule has 2 amide bonds. The van der Waals surface area contributed by atoms with Crippen LogP contribution < -0.4 is 11.2 Å². The Bertz CT molecular complexity index is 377. The maximum absolute atomic E-state index is 10.2. The minimum absolute atomic E-state index is 0.325. The van der Waals surface area contributed by atoms with Crippen LogP contribution in [0.1, 0.15) is 10.7 Å². The Balaban J connectivity index is 2.60. The summed E-state index contributed by atoms with van der Waals surface area (Å²) in [4.78, 5) is 14.0. The summed E-state index contributed by atoms with van der Waals surface area (Å²) in [6, 6.07) is 1.13. The summed E-state index contributed by atoms with van der Waals surface area (Å²) in [5.41, 5.74) is 7.09. The first-order valence-electron chi connectivity index (χ1n) is 3.16. The lowest BCUT2D eigenvalue weighted by Crippen LogP contribution is -2.24. The van der Waals surface area contributed by atoms with Crippen LogP contribution >= 0.6 is 11.3 Å². The number of hydrogen-bond donors (Lipinski definition) is 2. The number of nitrogens with two attached hydrogens (primary N) is 1. The van der Waals surface area contributed by atoms with Crippen molar-refractivity contribution in [3.8, 4) is 6.07 Å². The van der Waals surface area contributed by atoms with Crippen LogP contribution in [0.5, 0.6) is 0 Å². The van der Waals surface area contributed by atoms with Crippen LogP contribution in [0.4, 0.5) is 4.79 Å². The number of thiazole rings is 1. The van der Waals surface area contributed by atoms with Crippen LogP contribution in [0, 0.1) is 11.3 Å². The minimum atomic E-state index is -0.742. The Morgan fingerprint density at radius 1 is 1.92 bits per heavy atom. The lowest BCUT2D eigenvalue weighted by molar-refractivity contribution is 0.249. The SMILES string of the molecule is N#Cc1csc(/C=N/NC(N)=O)n1. The number of urea groups is 1. The van der Waals surface area contributed by atoms with Gasteiger partial charge in [0.2, 0.25) is 0 Å². The second kappa shape index (κ2) is 4.18. The molecular weight excluding hydrogens is 190 g/mol. The van der Waals surface area contributed by atoms with E-state index in [9.17, 15) is 4.79 Å². The molecule has 66 valence electrons. The first-order chi connectivity index (χ1) is 6.22. The van der Waals surface area contributed by atoms with Gasteiger partial charge in [-0.2, -0.15) is 10.4 Å². The quantitative estimate of drug-likeness (QED) is 0.513. The van der Waals surface area contributed by atoms with Gasteiger partial charge in [0, 0.05) is 5.38 Å². The van der Waals surface area contributed by atoms with E-state index < -0.39 is 6.03 Å². The number of hydrogen-bond acceptors (Lipinski definition) is 5. The fourth-order valence-corrected chi connectivity index (χ4v) is 1.15. The molecule has 0 saturated carbocycles. The summed E-state index contributed by atoms with van der Waals surface area (Å²) in [7, 11) is 0. The molecule has 0 radical (unpaired) electrons. The minimum Gasteiger partial charge on any atom is -0.350 e. The monoisotopic (exact) mass is 195 g/mol. The summed E-state index contributed by atoms with van der Waals surface area (Å²) in [6.07, 6.45) is 1.32. The zero-order valence-corrected chi connectivity index (χ0v) is 7.21. The van der Waals surface area contributed by atoms with Crippen molar-refractivity contribution in [2.75, 3.05) is 0 Å². The molecule has 0 bridgehead atoms. The Hall–Kier alpha value is -1.94. The highest BCUT2D eigenvalue weighted by Crippen LogP contribution is 2.05. The van der Waals surface area contributed by atoms with Gasteiger partial charge >= 0.3 is 6.03 Å². The zero-order chi connectivity index (χ0) is 9.68. The number of rotatable bonds is 2. The van der Waals surface area contributed by atoms with Crippen molar-refractivity contribution in [2.45, 2.75) is 0 Å². The first kappa shape index (κ1) is 9.15. The fraction of sp³-hybridized carbons (Fsp3) is 0. The average molecular weight is 195 g/mol. The van der Waals surface area contributed by atoms with E-state index in [1.165, 1.54) is 17.6 Å². The third-order valence-corrected chi connectivity index (χ3v) is 1.77. The zero-order valence-electron chi connectivity index (χ0n) is 6.39. The van der Waals surface area contributed by atoms with Crippen molar-refractivity contribution in [1.29, 1.82) is 5.26 Å². The molecule has 13 heavy (non-hydrogen) atoms. The van der Waals surface area contributed by atoms with Gasteiger partial charge in [0.1, 0.15) is 11.1 Å². The van der Waals surface area contributed by atoms with Crippen LogP contribution in [0.25, 0.3) is 0 Å². The average Bonchev–Trinajstić information content (AvgIpc) is 2.52. The maximum Gasteiger partial charge on any atom is 0.332 e. The van der Waals surface area contributed by atoms with Gasteiger partial charge in [-0.05, 0) is 0 Å². The highest BCUT2D eigenvalue weighted by Gasteiger charge is 1.96. The standard InChI is InChI=1S/C6H5N5OS/c7-1-4-3-13-5(10-4)2-9-11-6(8)12/h2-3H,(H3,8,11,12)/b9-2+. The second-order valence-electron chi connectivity index (χ2n) is 1.92. The normalized spacial score (nSPS) is 9.77. The van der Waals surface area contributed by atoms with Gasteiger partial charge < -0.3 is 5.73 Å². The number of nitrogens with zero attached hydrogens (tertiary/aromatic N) is 3. The van der Waals surface area contributed by atoms with E-state index >= 15 is 0 Å². The smallest absolute Gasteiger partial charge is 0.332 e. The molecule has 0 spiro atoms. The molecule has 0 aromatic carbocycles. The predicted octanol–water partition coefficient (Wildman–Crippen LogP) is 0.0170. The summed E-state index contributed by atoms with van der Waals surface area (Å²) in [6.45, 7) is 0. The van der Waals surface area contributed by atoms with Gasteiger partial charge in [-0.15, -0.1) is 11.3 Å². The molecule has 3 N–H and O–H groups in total. The predicted molar refractivity (Wildman–Crippen MR) is 47.1 cm³/mol. The van der Waals surface area contributed by atoms with Crippen molar-refractivity contribution in [2.24, 2.45) is 10.8 Å². The number of nitriles is 1. The van der Waals surface area contributed by atoms with Crippen LogP contribution in [0.2, 0.25) is 0 Å². The van der Waals surface area contributed by atoms with Crippen LogP contribution in [-0.4, -0.2) is 17.2 Å². The molecule has 0 atom stereocenters. The number of aromatic nitrogens is 1. The molecule has 1 aromatic heterocycles. The Morgan fingerprint density at radius 2 is 2.69 bits per heavy atom. The van der Waals surface area contributed by atoms with Crippen molar-refractivity contribution < 1.29 is 4.79 Å². The first-order valence-corrected chi connectivity index (χ1v) is 4.04. The summed E-state index contributed by atoms with van der Waals surface area (Å²) in [5, 5.41) is 14.0. The Morgan fingerprint density at radius 3 is 3.23 bits per heavy atom. The Labute approximate surface area is 77.7 Å². The third-order valence-electron chi connectivity index (χ3n) is 0.986. The molecule has 0 aliphatic rings. The van der Waals surface area contributed by atoms with Gasteiger partial charge in [-0.1, -0.05) is 0 Å². The van der Waals surface area contributed by atoms with Gasteiger partial charge in [-0.25, -0.2) is 15.2 Å². The van der Waals surface area contributed by atoms with Crippen LogP contribution in [-0.2, 0) is 0 Å². The van der Waals surface area contributed by atoms with Gasteiger partial charge in [0.25, 0.3) is 0 Å². The molecule has 0 fully saturated rings. The van der Waals surface area contributed by atoms with Crippen LogP contribution in [0.3, 0.4) is 0 Å². The topological polar surface area (TPSA) is 104 Å². The number of hydrazone groups is 1. The maximum atomic E-state index is 10.2. The molecule has 1 aromatic rings. The number of carbonyl (C=O) groups excluding carboxylic acids is 1. The van der Waals surface area contributed by atoms with E-state index in [1.807, 2.05) is 11.5 Å². The van der Waals surface area contributed by atoms with Crippen molar-refractivity contribution in [3.05, 3.63) is 16.1 Å². The molecule has 7 heteroatoms. The highest BCUT2D eigenvalue weighted by atomic mass is 32.1. The third kappa shape index (κ3) is 2.88. The van der Waals surface area contributed by atoms with Crippen LogP contribution in [0.15, 0.2) is 10.5 Å². The molecule has 6 nitrogen and oxygen atoms in total. The van der Waals surface area contributed by atoms with Gasteiger partial charge in [0.15, 0.2) is 5.69 Å². The number of carbonyl (C=O) groups is 1. The van der Waals surface area contributed by atoms with E-state index in [1.54, 1.807) is 5.38 Å². The largest absolute Gasteiger partial charge is 0.350 e. The van der Waals surface area contributed by atoms with Gasteiger partial charge in [-0.3, -0.25) is 0 Å². The van der Waals surface area contributed by atoms with Crippen molar-refractivity contribution in [1.82, 2.24) is 10.4 Å². The molecular formula is C6H5N5OS.